The first-order valence-corrected chi connectivity index (χ1v) is 4.39. The maximum absolute atomic E-state index is 4.23. The van der Waals surface area contributed by atoms with Gasteiger partial charge in [0.25, 0.3) is 0 Å². The van der Waals surface area contributed by atoms with Crippen molar-refractivity contribution < 1.29 is 0 Å². The van der Waals surface area contributed by atoms with Gasteiger partial charge < -0.3 is 4.90 Å². The van der Waals surface area contributed by atoms with E-state index in [1.807, 2.05) is 13.2 Å². The second-order valence-corrected chi connectivity index (χ2v) is 2.88. The zero-order chi connectivity index (χ0) is 8.97. The molecule has 0 spiro atoms. The molecule has 3 nitrogen and oxygen atoms in total. The van der Waals surface area contributed by atoms with Crippen molar-refractivity contribution in [1.29, 1.82) is 0 Å². The van der Waals surface area contributed by atoms with Crippen LogP contribution in [0.3, 0.4) is 0 Å². The van der Waals surface area contributed by atoms with Crippen LogP contribution in [0.1, 0.15) is 6.92 Å². The highest BCUT2D eigenvalue weighted by atomic mass is 15.3. The van der Waals surface area contributed by atoms with Crippen molar-refractivity contribution in [2.24, 2.45) is 4.99 Å². The van der Waals surface area contributed by atoms with Gasteiger partial charge in [0, 0.05) is 20.1 Å². The van der Waals surface area contributed by atoms with Gasteiger partial charge in [-0.3, -0.25) is 9.89 Å². The van der Waals surface area contributed by atoms with Gasteiger partial charge in [0.1, 0.15) is 5.84 Å². The third-order valence-corrected chi connectivity index (χ3v) is 2.28. The molecule has 0 atom stereocenters. The van der Waals surface area contributed by atoms with Crippen molar-refractivity contribution in [3.05, 3.63) is 12.8 Å². The molecule has 12 heavy (non-hydrogen) atoms. The number of amidine groups is 1. The molecule has 0 saturated carbocycles. The summed E-state index contributed by atoms with van der Waals surface area (Å²) in [5.74, 6) is 1.12. The van der Waals surface area contributed by atoms with Crippen molar-refractivity contribution >= 4 is 5.84 Å². The summed E-state index contributed by atoms with van der Waals surface area (Å²) in [6, 6.07) is 0. The van der Waals surface area contributed by atoms with E-state index in [1.54, 1.807) is 0 Å². The standard InChI is InChI=1S/C9H17N3/c1-4-11-6-7-12(5-2)9(8-11)10-3/h5H,2,4,6-8H2,1,3H3. The Morgan fingerprint density at radius 1 is 1.58 bits per heavy atom. The molecule has 3 heteroatoms. The van der Waals surface area contributed by atoms with Gasteiger partial charge in [-0.15, -0.1) is 0 Å². The van der Waals surface area contributed by atoms with E-state index in [0.29, 0.717) is 0 Å². The van der Waals surface area contributed by atoms with Crippen LogP contribution in [0.5, 0.6) is 0 Å². The van der Waals surface area contributed by atoms with Crippen molar-refractivity contribution in [2.75, 3.05) is 33.2 Å². The second kappa shape index (κ2) is 4.26. The minimum absolute atomic E-state index is 0.957. The Balaban J connectivity index is 2.59. The summed E-state index contributed by atoms with van der Waals surface area (Å²) in [7, 11) is 1.84. The Labute approximate surface area is 74.4 Å². The predicted molar refractivity (Wildman–Crippen MR) is 52.4 cm³/mol. The fourth-order valence-corrected chi connectivity index (χ4v) is 1.41. The number of hydrogen-bond acceptors (Lipinski definition) is 2. The lowest BCUT2D eigenvalue weighted by Gasteiger charge is -2.34. The normalized spacial score (nSPS) is 23.2. The van der Waals surface area contributed by atoms with Gasteiger partial charge in [0.2, 0.25) is 0 Å². The van der Waals surface area contributed by atoms with E-state index in [9.17, 15) is 0 Å². The summed E-state index contributed by atoms with van der Waals surface area (Å²) in [6.07, 6.45) is 1.86. The number of aliphatic imine (C=N–C) groups is 1. The van der Waals surface area contributed by atoms with E-state index in [0.717, 1.165) is 32.0 Å². The maximum atomic E-state index is 4.23. The number of nitrogens with zero attached hydrogens (tertiary/aromatic N) is 3. The van der Waals surface area contributed by atoms with E-state index in [4.69, 9.17) is 0 Å². The molecule has 0 radical (unpaired) electrons. The van der Waals surface area contributed by atoms with Crippen LogP contribution in [0, 0.1) is 0 Å². The predicted octanol–water partition coefficient (Wildman–Crippen LogP) is 0.796. The molecule has 0 aromatic rings. The highest BCUT2D eigenvalue weighted by molar-refractivity contribution is 5.85. The largest absolute Gasteiger partial charge is 0.335 e. The topological polar surface area (TPSA) is 18.8 Å². The minimum Gasteiger partial charge on any atom is -0.335 e. The van der Waals surface area contributed by atoms with E-state index < -0.39 is 0 Å². The van der Waals surface area contributed by atoms with Crippen LogP contribution in [0.25, 0.3) is 0 Å². The van der Waals surface area contributed by atoms with Crippen LogP contribution < -0.4 is 0 Å². The molecule has 0 unspecified atom stereocenters. The van der Waals surface area contributed by atoms with Crippen molar-refractivity contribution in [2.45, 2.75) is 6.92 Å². The van der Waals surface area contributed by atoms with Gasteiger partial charge in [0.15, 0.2) is 0 Å². The van der Waals surface area contributed by atoms with Gasteiger partial charge in [-0.2, -0.15) is 0 Å². The lowest BCUT2D eigenvalue weighted by atomic mass is 10.3. The van der Waals surface area contributed by atoms with Gasteiger partial charge >= 0.3 is 0 Å². The first-order chi connectivity index (χ1) is 5.81. The Kier molecular flexibility index (Phi) is 3.29. The second-order valence-electron chi connectivity index (χ2n) is 2.88. The van der Waals surface area contributed by atoms with E-state index in [-0.39, 0.29) is 0 Å². The van der Waals surface area contributed by atoms with E-state index in [2.05, 4.69) is 28.3 Å². The zero-order valence-corrected chi connectivity index (χ0v) is 7.95. The molecule has 1 fully saturated rings. The average molecular weight is 167 g/mol. The summed E-state index contributed by atoms with van der Waals surface area (Å²) >= 11 is 0. The molecule has 68 valence electrons. The van der Waals surface area contributed by atoms with Crippen LogP contribution in [0.4, 0.5) is 0 Å². The summed E-state index contributed by atoms with van der Waals surface area (Å²) in [4.78, 5) is 8.72. The third kappa shape index (κ3) is 1.85. The molecule has 0 aromatic carbocycles. The SMILES string of the molecule is C=CN1CCN(CC)CC1=NC. The summed E-state index contributed by atoms with van der Waals surface area (Å²) in [5, 5.41) is 0. The van der Waals surface area contributed by atoms with Crippen molar-refractivity contribution in [3.63, 3.8) is 0 Å². The quantitative estimate of drug-likeness (QED) is 0.605. The molecular formula is C9H17N3. The van der Waals surface area contributed by atoms with Crippen LogP contribution in [-0.2, 0) is 0 Å². The van der Waals surface area contributed by atoms with Gasteiger partial charge in [-0.1, -0.05) is 13.5 Å². The van der Waals surface area contributed by atoms with Crippen LogP contribution >= 0.6 is 0 Å². The average Bonchev–Trinajstić information content (AvgIpc) is 2.16. The fourth-order valence-electron chi connectivity index (χ4n) is 1.41. The summed E-state index contributed by atoms with van der Waals surface area (Å²) in [6.45, 7) is 10.1. The van der Waals surface area contributed by atoms with Crippen LogP contribution in [0.15, 0.2) is 17.8 Å². The molecule has 1 aliphatic heterocycles. The lowest BCUT2D eigenvalue weighted by Crippen LogP contribution is -2.47. The monoisotopic (exact) mass is 167 g/mol. The molecule has 1 aliphatic rings. The maximum Gasteiger partial charge on any atom is 0.117 e. The Bertz CT molecular complexity index is 186. The molecule has 1 heterocycles. The van der Waals surface area contributed by atoms with Crippen molar-refractivity contribution in [3.8, 4) is 0 Å². The first-order valence-electron chi connectivity index (χ1n) is 4.39. The highest BCUT2D eigenvalue weighted by Crippen LogP contribution is 2.03. The molecule has 1 rings (SSSR count). The molecule has 1 saturated heterocycles. The number of hydrogen-bond donors (Lipinski definition) is 0. The molecule has 0 aliphatic carbocycles. The number of rotatable bonds is 2. The molecule has 0 N–H and O–H groups in total. The third-order valence-electron chi connectivity index (χ3n) is 2.28. The molecule has 0 bridgehead atoms. The Morgan fingerprint density at radius 3 is 2.83 bits per heavy atom. The number of likely N-dealkylation sites (N-methyl/N-ethyl adjacent to an activating group) is 1. The zero-order valence-electron chi connectivity index (χ0n) is 7.95. The van der Waals surface area contributed by atoms with E-state index in [1.165, 1.54) is 0 Å². The number of piperazine rings is 1. The van der Waals surface area contributed by atoms with Crippen LogP contribution in [0.2, 0.25) is 0 Å². The smallest absolute Gasteiger partial charge is 0.117 e. The minimum atomic E-state index is 0.957. The molecular weight excluding hydrogens is 150 g/mol. The van der Waals surface area contributed by atoms with E-state index >= 15 is 0 Å². The summed E-state index contributed by atoms with van der Waals surface area (Å²) < 4.78 is 0. The lowest BCUT2D eigenvalue weighted by molar-refractivity contribution is 0.266. The highest BCUT2D eigenvalue weighted by Gasteiger charge is 2.17. The van der Waals surface area contributed by atoms with Gasteiger partial charge in [-0.25, -0.2) is 0 Å². The van der Waals surface area contributed by atoms with Crippen LogP contribution in [-0.4, -0.2) is 48.9 Å². The first kappa shape index (κ1) is 9.26. The van der Waals surface area contributed by atoms with Crippen molar-refractivity contribution in [1.82, 2.24) is 9.80 Å². The summed E-state index contributed by atoms with van der Waals surface area (Å²) in [5.41, 5.74) is 0. The van der Waals surface area contributed by atoms with Gasteiger partial charge in [0.05, 0.1) is 6.54 Å². The Hall–Kier alpha value is -0.830. The molecule has 0 amide bonds. The Morgan fingerprint density at radius 2 is 2.33 bits per heavy atom. The van der Waals surface area contributed by atoms with Gasteiger partial charge in [-0.05, 0) is 12.7 Å². The fraction of sp³-hybridized carbons (Fsp3) is 0.667. The molecule has 0 aromatic heterocycles.